The Kier molecular flexibility index (Phi) is 5.40. The molecule has 2 saturated carbocycles. The summed E-state index contributed by atoms with van der Waals surface area (Å²) in [6.07, 6.45) is 7.96. The molecular formula is C20H26N4O4S2. The number of rotatable bonds is 6. The minimum atomic E-state index is -3.65. The molecule has 1 amide bonds. The zero-order valence-corrected chi connectivity index (χ0v) is 18.4. The van der Waals surface area contributed by atoms with Crippen molar-refractivity contribution in [1.29, 1.82) is 0 Å². The largest absolute Gasteiger partial charge is 0.353 e. The maximum atomic E-state index is 13.2. The Labute approximate surface area is 180 Å². The number of carbonyl (C=O) groups excluding carboxylic acids is 1. The van der Waals surface area contributed by atoms with Crippen molar-refractivity contribution >= 4 is 27.3 Å². The first-order valence-electron chi connectivity index (χ1n) is 10.7. The van der Waals surface area contributed by atoms with E-state index in [1.807, 2.05) is 0 Å². The van der Waals surface area contributed by atoms with Crippen LogP contribution >= 0.6 is 11.3 Å². The molecule has 0 spiro atoms. The topological polar surface area (TPSA) is 105 Å². The van der Waals surface area contributed by atoms with Crippen molar-refractivity contribution in [2.75, 3.05) is 13.1 Å². The summed E-state index contributed by atoms with van der Waals surface area (Å²) in [6, 6.07) is 1.91. The van der Waals surface area contributed by atoms with E-state index in [2.05, 4.69) is 15.5 Å². The highest BCUT2D eigenvalue weighted by atomic mass is 32.2. The minimum absolute atomic E-state index is 0.0180. The lowest BCUT2D eigenvalue weighted by molar-refractivity contribution is -0.126. The van der Waals surface area contributed by atoms with Crippen molar-refractivity contribution in [3.05, 3.63) is 17.3 Å². The van der Waals surface area contributed by atoms with Crippen molar-refractivity contribution in [1.82, 2.24) is 19.8 Å². The van der Waals surface area contributed by atoms with Gasteiger partial charge in [-0.2, -0.15) is 9.29 Å². The number of nitrogens with zero attached hydrogens (tertiary/aromatic N) is 3. The van der Waals surface area contributed by atoms with Gasteiger partial charge < -0.3 is 9.84 Å². The van der Waals surface area contributed by atoms with Gasteiger partial charge in [0, 0.05) is 36.0 Å². The Morgan fingerprint density at radius 1 is 1.17 bits per heavy atom. The molecule has 0 aromatic carbocycles. The Morgan fingerprint density at radius 3 is 2.73 bits per heavy atom. The maximum absolute atomic E-state index is 13.2. The summed E-state index contributed by atoms with van der Waals surface area (Å²) in [5.41, 5.74) is 0.659. The number of sulfonamides is 1. The quantitative estimate of drug-likeness (QED) is 0.725. The van der Waals surface area contributed by atoms with Gasteiger partial charge in [0.25, 0.3) is 10.0 Å². The molecule has 2 aliphatic carbocycles. The SMILES string of the molecule is O=C(NC1CC1)C1CCCN(S(=O)(=O)c2cc(-c3noc(C4CCCC4)n3)cs2)C1. The number of nitrogens with one attached hydrogen (secondary N) is 1. The molecule has 1 N–H and O–H groups in total. The molecule has 3 fully saturated rings. The Bertz CT molecular complexity index is 1020. The highest BCUT2D eigenvalue weighted by Gasteiger charge is 2.36. The van der Waals surface area contributed by atoms with E-state index in [1.165, 1.54) is 17.1 Å². The van der Waals surface area contributed by atoms with Gasteiger partial charge in [-0.1, -0.05) is 18.0 Å². The number of piperidine rings is 1. The van der Waals surface area contributed by atoms with Gasteiger partial charge in [0.1, 0.15) is 4.21 Å². The number of thiophene rings is 1. The average molecular weight is 451 g/mol. The van der Waals surface area contributed by atoms with E-state index in [0.717, 1.165) is 43.4 Å². The first-order valence-corrected chi connectivity index (χ1v) is 13.1. The fourth-order valence-corrected chi connectivity index (χ4v) is 7.14. The van der Waals surface area contributed by atoms with Crippen LogP contribution in [0.25, 0.3) is 11.4 Å². The molecule has 30 heavy (non-hydrogen) atoms. The van der Waals surface area contributed by atoms with Gasteiger partial charge in [-0.3, -0.25) is 4.79 Å². The normalized spacial score (nSPS) is 23.7. The second kappa shape index (κ2) is 8.05. The molecular weight excluding hydrogens is 424 g/mol. The summed E-state index contributed by atoms with van der Waals surface area (Å²) < 4.78 is 33.5. The molecule has 2 aromatic rings. The third kappa shape index (κ3) is 4.04. The first-order chi connectivity index (χ1) is 14.5. The first kappa shape index (κ1) is 20.1. The summed E-state index contributed by atoms with van der Waals surface area (Å²) in [7, 11) is -3.65. The van der Waals surface area contributed by atoms with Crippen LogP contribution in [0, 0.1) is 5.92 Å². The lowest BCUT2D eigenvalue weighted by Crippen LogP contribution is -2.45. The second-order valence-corrected chi connectivity index (χ2v) is 11.7. The van der Waals surface area contributed by atoms with E-state index in [9.17, 15) is 13.2 Å². The summed E-state index contributed by atoms with van der Waals surface area (Å²) in [5.74, 6) is 1.11. The Balaban J connectivity index is 1.30. The molecule has 10 heteroatoms. The molecule has 5 rings (SSSR count). The van der Waals surface area contributed by atoms with Crippen LogP contribution < -0.4 is 5.32 Å². The predicted molar refractivity (Wildman–Crippen MR) is 111 cm³/mol. The average Bonchev–Trinajstić information content (AvgIpc) is 3.20. The van der Waals surface area contributed by atoms with Gasteiger partial charge in [0.15, 0.2) is 0 Å². The molecule has 162 valence electrons. The van der Waals surface area contributed by atoms with E-state index in [0.29, 0.717) is 36.2 Å². The second-order valence-electron chi connectivity index (χ2n) is 8.58. The summed E-state index contributed by atoms with van der Waals surface area (Å²) in [6.45, 7) is 0.680. The van der Waals surface area contributed by atoms with Crippen molar-refractivity contribution in [3.63, 3.8) is 0 Å². The lowest BCUT2D eigenvalue weighted by atomic mass is 9.99. The number of amides is 1. The van der Waals surface area contributed by atoms with Gasteiger partial charge in [-0.25, -0.2) is 8.42 Å². The van der Waals surface area contributed by atoms with Gasteiger partial charge in [-0.15, -0.1) is 11.3 Å². The van der Waals surface area contributed by atoms with Crippen LogP contribution in [0.3, 0.4) is 0 Å². The third-order valence-electron chi connectivity index (χ3n) is 6.25. The van der Waals surface area contributed by atoms with Crippen LogP contribution in [0.15, 0.2) is 20.2 Å². The van der Waals surface area contributed by atoms with Gasteiger partial charge in [0.05, 0.1) is 5.92 Å². The van der Waals surface area contributed by atoms with Crippen molar-refractivity contribution in [2.45, 2.75) is 67.5 Å². The number of hydrogen-bond acceptors (Lipinski definition) is 7. The predicted octanol–water partition coefficient (Wildman–Crippen LogP) is 3.14. The van der Waals surface area contributed by atoms with Crippen LogP contribution in [0.2, 0.25) is 0 Å². The molecule has 0 radical (unpaired) electrons. The molecule has 1 aliphatic heterocycles. The number of carbonyl (C=O) groups is 1. The van der Waals surface area contributed by atoms with Crippen LogP contribution in [0.4, 0.5) is 0 Å². The molecule has 0 bridgehead atoms. The minimum Gasteiger partial charge on any atom is -0.353 e. The fourth-order valence-electron chi connectivity index (χ4n) is 4.31. The van der Waals surface area contributed by atoms with Crippen LogP contribution in [-0.2, 0) is 14.8 Å². The Morgan fingerprint density at radius 2 is 1.97 bits per heavy atom. The van der Waals surface area contributed by atoms with E-state index >= 15 is 0 Å². The van der Waals surface area contributed by atoms with Crippen molar-refractivity contribution < 1.29 is 17.7 Å². The Hall–Kier alpha value is -1.78. The zero-order chi connectivity index (χ0) is 20.7. The fraction of sp³-hybridized carbons (Fsp3) is 0.650. The van der Waals surface area contributed by atoms with E-state index in [4.69, 9.17) is 4.52 Å². The lowest BCUT2D eigenvalue weighted by Gasteiger charge is -2.30. The molecule has 1 saturated heterocycles. The molecule has 3 heterocycles. The van der Waals surface area contributed by atoms with Gasteiger partial charge in [-0.05, 0) is 44.6 Å². The summed E-state index contributed by atoms with van der Waals surface area (Å²) in [5, 5.41) is 8.83. The number of hydrogen-bond donors (Lipinski definition) is 1. The van der Waals surface area contributed by atoms with E-state index < -0.39 is 10.0 Å². The maximum Gasteiger partial charge on any atom is 0.252 e. The van der Waals surface area contributed by atoms with Crippen LogP contribution in [-0.4, -0.2) is 47.9 Å². The van der Waals surface area contributed by atoms with Crippen molar-refractivity contribution in [2.24, 2.45) is 5.92 Å². The molecule has 1 unspecified atom stereocenters. The highest BCUT2D eigenvalue weighted by Crippen LogP contribution is 2.35. The molecule has 1 atom stereocenters. The zero-order valence-electron chi connectivity index (χ0n) is 16.7. The third-order valence-corrected chi connectivity index (χ3v) is 9.53. The smallest absolute Gasteiger partial charge is 0.252 e. The summed E-state index contributed by atoms with van der Waals surface area (Å²) in [4.78, 5) is 16.9. The highest BCUT2D eigenvalue weighted by molar-refractivity contribution is 7.91. The van der Waals surface area contributed by atoms with Gasteiger partial charge >= 0.3 is 0 Å². The van der Waals surface area contributed by atoms with E-state index in [1.54, 1.807) is 11.4 Å². The van der Waals surface area contributed by atoms with Crippen LogP contribution in [0.5, 0.6) is 0 Å². The summed E-state index contributed by atoms with van der Waals surface area (Å²) >= 11 is 1.16. The monoisotopic (exact) mass is 450 g/mol. The van der Waals surface area contributed by atoms with Gasteiger partial charge in [0.2, 0.25) is 17.6 Å². The number of aromatic nitrogens is 2. The van der Waals surface area contributed by atoms with Crippen molar-refractivity contribution in [3.8, 4) is 11.4 Å². The van der Waals surface area contributed by atoms with Crippen LogP contribution in [0.1, 0.15) is 63.2 Å². The van der Waals surface area contributed by atoms with E-state index in [-0.39, 0.29) is 28.6 Å². The molecule has 8 nitrogen and oxygen atoms in total. The molecule has 3 aliphatic rings. The molecule has 2 aromatic heterocycles. The standard InChI is InChI=1S/C20H26N4O4S2/c25-19(21-16-7-8-16)14-6-3-9-24(11-14)30(26,27)17-10-15(12-29-17)18-22-20(28-23-18)13-4-1-2-5-13/h10,12-14,16H,1-9,11H2,(H,21,25).